The molecule has 0 aliphatic carbocycles. The molecule has 2 nitrogen and oxygen atoms in total. The largest absolute Gasteiger partial charge is 0.309 e. The van der Waals surface area contributed by atoms with E-state index >= 15 is 0 Å². The molecule has 36 heavy (non-hydrogen) atoms. The average Bonchev–Trinajstić information content (AvgIpc) is 3.46. The van der Waals surface area contributed by atoms with E-state index in [2.05, 4.69) is 143 Å². The summed E-state index contributed by atoms with van der Waals surface area (Å²) in [5.74, 6) is 0. The van der Waals surface area contributed by atoms with Gasteiger partial charge in [0.2, 0.25) is 0 Å². The predicted octanol–water partition coefficient (Wildman–Crippen LogP) is 9.03. The highest BCUT2D eigenvalue weighted by Crippen LogP contribution is 2.39. The maximum atomic E-state index is 2.43. The second-order valence-corrected chi connectivity index (χ2v) is 9.42. The molecule has 0 bridgehead atoms. The highest BCUT2D eigenvalue weighted by molar-refractivity contribution is 6.16. The van der Waals surface area contributed by atoms with Crippen LogP contribution in [0.25, 0.3) is 65.8 Å². The first-order chi connectivity index (χ1) is 17.9. The first-order valence-electron chi connectivity index (χ1n) is 12.4. The molecule has 2 aromatic heterocycles. The minimum Gasteiger partial charge on any atom is -0.309 e. The number of hydrogen-bond acceptors (Lipinski definition) is 0. The van der Waals surface area contributed by atoms with Crippen molar-refractivity contribution in [3.8, 4) is 11.4 Å². The van der Waals surface area contributed by atoms with Gasteiger partial charge in [-0.3, -0.25) is 0 Å². The van der Waals surface area contributed by atoms with E-state index in [-0.39, 0.29) is 0 Å². The molecular weight excluding hydrogens is 436 g/mol. The average molecular weight is 459 g/mol. The van der Waals surface area contributed by atoms with Crippen molar-refractivity contribution in [3.63, 3.8) is 0 Å². The zero-order chi connectivity index (χ0) is 23.6. The Morgan fingerprint density at radius 3 is 1.64 bits per heavy atom. The summed E-state index contributed by atoms with van der Waals surface area (Å²) in [7, 11) is 0. The van der Waals surface area contributed by atoms with Crippen LogP contribution in [0.5, 0.6) is 0 Å². The molecule has 0 N–H and O–H groups in total. The van der Waals surface area contributed by atoms with Gasteiger partial charge in [0.1, 0.15) is 0 Å². The van der Waals surface area contributed by atoms with Crippen molar-refractivity contribution in [3.05, 3.63) is 133 Å². The number of benzene rings is 6. The van der Waals surface area contributed by atoms with Gasteiger partial charge in [0, 0.05) is 27.2 Å². The SMILES string of the molecule is c1ccc2cc(-n3c4ccccc4c4c(-n5c6ccccc6c6ccccc65)cccc43)ccc2c1. The van der Waals surface area contributed by atoms with Gasteiger partial charge in [0.05, 0.1) is 27.8 Å². The van der Waals surface area contributed by atoms with E-state index in [1.807, 2.05) is 0 Å². The van der Waals surface area contributed by atoms with Crippen molar-refractivity contribution >= 4 is 54.4 Å². The van der Waals surface area contributed by atoms with Gasteiger partial charge in [-0.25, -0.2) is 0 Å². The summed E-state index contributed by atoms with van der Waals surface area (Å²) >= 11 is 0. The smallest absolute Gasteiger partial charge is 0.0562 e. The molecule has 0 unspecified atom stereocenters. The molecule has 0 atom stereocenters. The fraction of sp³-hybridized carbons (Fsp3) is 0. The van der Waals surface area contributed by atoms with E-state index in [0.717, 1.165) is 0 Å². The normalized spacial score (nSPS) is 11.9. The Bertz CT molecular complexity index is 2050. The monoisotopic (exact) mass is 458 g/mol. The van der Waals surface area contributed by atoms with Crippen LogP contribution in [0.2, 0.25) is 0 Å². The van der Waals surface area contributed by atoms with Crippen molar-refractivity contribution in [2.75, 3.05) is 0 Å². The molecule has 2 heteroatoms. The van der Waals surface area contributed by atoms with Crippen molar-refractivity contribution in [1.29, 1.82) is 0 Å². The molecule has 2 heterocycles. The second kappa shape index (κ2) is 7.34. The molecule has 0 saturated heterocycles. The number of hydrogen-bond donors (Lipinski definition) is 0. The summed E-state index contributed by atoms with van der Waals surface area (Å²) in [5.41, 5.74) is 7.28. The van der Waals surface area contributed by atoms with Crippen LogP contribution in [0.1, 0.15) is 0 Å². The van der Waals surface area contributed by atoms with E-state index in [0.29, 0.717) is 0 Å². The number of rotatable bonds is 2. The van der Waals surface area contributed by atoms with E-state index in [4.69, 9.17) is 0 Å². The topological polar surface area (TPSA) is 9.86 Å². The van der Waals surface area contributed by atoms with Crippen LogP contribution < -0.4 is 0 Å². The zero-order valence-electron chi connectivity index (χ0n) is 19.6. The molecule has 8 aromatic rings. The van der Waals surface area contributed by atoms with E-state index < -0.39 is 0 Å². The van der Waals surface area contributed by atoms with Gasteiger partial charge in [-0.2, -0.15) is 0 Å². The van der Waals surface area contributed by atoms with E-state index in [1.54, 1.807) is 0 Å². The van der Waals surface area contributed by atoms with Crippen LogP contribution in [0.3, 0.4) is 0 Å². The Kier molecular flexibility index (Phi) is 3.97. The van der Waals surface area contributed by atoms with Crippen LogP contribution in [0.15, 0.2) is 133 Å². The lowest BCUT2D eigenvalue weighted by molar-refractivity contribution is 1.17. The molecule has 0 aliphatic heterocycles. The van der Waals surface area contributed by atoms with Crippen LogP contribution in [0, 0.1) is 0 Å². The van der Waals surface area contributed by atoms with Crippen LogP contribution in [-0.4, -0.2) is 9.13 Å². The molecule has 8 rings (SSSR count). The molecule has 0 aliphatic rings. The van der Waals surface area contributed by atoms with E-state index in [9.17, 15) is 0 Å². The number of nitrogens with zero attached hydrogens (tertiary/aromatic N) is 2. The minimum absolute atomic E-state index is 1.18. The molecule has 0 amide bonds. The number of fused-ring (bicyclic) bond motifs is 7. The summed E-state index contributed by atoms with van der Waals surface area (Å²) < 4.78 is 4.85. The van der Waals surface area contributed by atoms with Crippen LogP contribution in [0.4, 0.5) is 0 Å². The van der Waals surface area contributed by atoms with Crippen LogP contribution >= 0.6 is 0 Å². The molecular formula is C34H22N2. The number of para-hydroxylation sites is 3. The highest BCUT2D eigenvalue weighted by Gasteiger charge is 2.19. The Labute approximate surface area is 208 Å². The maximum absolute atomic E-state index is 2.43. The van der Waals surface area contributed by atoms with Crippen molar-refractivity contribution in [1.82, 2.24) is 9.13 Å². The van der Waals surface area contributed by atoms with Crippen molar-refractivity contribution in [2.45, 2.75) is 0 Å². The summed E-state index contributed by atoms with van der Waals surface area (Å²) in [6.45, 7) is 0. The Morgan fingerprint density at radius 1 is 0.361 bits per heavy atom. The lowest BCUT2D eigenvalue weighted by atomic mass is 10.1. The molecule has 0 radical (unpaired) electrons. The molecule has 0 fully saturated rings. The standard InChI is InChI=1S/C34H22N2/c1-2-11-24-22-25(21-20-23(24)10-1)35-31-17-8-5-14-28(31)34-32(35)18-9-19-33(34)36-29-15-6-3-12-26(29)27-13-4-7-16-30(27)36/h1-22H. The van der Waals surface area contributed by atoms with Gasteiger partial charge in [-0.05, 0) is 53.2 Å². The summed E-state index contributed by atoms with van der Waals surface area (Å²) in [4.78, 5) is 0. The lowest BCUT2D eigenvalue weighted by Gasteiger charge is -2.12. The molecule has 0 saturated carbocycles. The van der Waals surface area contributed by atoms with Crippen molar-refractivity contribution < 1.29 is 0 Å². The Hall–Kier alpha value is -4.82. The maximum Gasteiger partial charge on any atom is 0.0562 e. The third kappa shape index (κ3) is 2.61. The number of aromatic nitrogens is 2. The molecule has 6 aromatic carbocycles. The lowest BCUT2D eigenvalue weighted by Crippen LogP contribution is -1.96. The van der Waals surface area contributed by atoms with Gasteiger partial charge in [-0.1, -0.05) is 91.0 Å². The van der Waals surface area contributed by atoms with E-state index in [1.165, 1.54) is 65.8 Å². The fourth-order valence-electron chi connectivity index (χ4n) is 5.96. The third-order valence-electron chi connectivity index (χ3n) is 7.49. The van der Waals surface area contributed by atoms with Gasteiger partial charge in [0.15, 0.2) is 0 Å². The molecule has 168 valence electrons. The summed E-state index contributed by atoms with van der Waals surface area (Å²) in [5, 5.41) is 7.60. The summed E-state index contributed by atoms with van der Waals surface area (Å²) in [6, 6.07) is 48.3. The molecule has 0 spiro atoms. The quantitative estimate of drug-likeness (QED) is 0.244. The van der Waals surface area contributed by atoms with Crippen LogP contribution in [-0.2, 0) is 0 Å². The van der Waals surface area contributed by atoms with Gasteiger partial charge < -0.3 is 9.13 Å². The third-order valence-corrected chi connectivity index (χ3v) is 7.49. The highest BCUT2D eigenvalue weighted by atomic mass is 15.0. The zero-order valence-corrected chi connectivity index (χ0v) is 19.6. The predicted molar refractivity (Wildman–Crippen MR) is 153 cm³/mol. The second-order valence-electron chi connectivity index (χ2n) is 9.42. The first kappa shape index (κ1) is 19.5. The fourth-order valence-corrected chi connectivity index (χ4v) is 5.96. The van der Waals surface area contributed by atoms with Crippen molar-refractivity contribution in [2.24, 2.45) is 0 Å². The van der Waals surface area contributed by atoms with Gasteiger partial charge in [-0.15, -0.1) is 0 Å². The minimum atomic E-state index is 1.18. The first-order valence-corrected chi connectivity index (χ1v) is 12.4. The van der Waals surface area contributed by atoms with Gasteiger partial charge >= 0.3 is 0 Å². The Morgan fingerprint density at radius 2 is 0.917 bits per heavy atom. The summed E-state index contributed by atoms with van der Waals surface area (Å²) in [6.07, 6.45) is 0. The Balaban J connectivity index is 1.53. The van der Waals surface area contributed by atoms with Gasteiger partial charge in [0.25, 0.3) is 0 Å².